The van der Waals surface area contributed by atoms with Crippen LogP contribution in [0.3, 0.4) is 0 Å². The lowest BCUT2D eigenvalue weighted by atomic mass is 10.3. The number of aryl methyl sites for hydroxylation is 1. The van der Waals surface area contributed by atoms with Crippen molar-refractivity contribution in [2.75, 3.05) is 0 Å². The molecule has 0 aliphatic heterocycles. The summed E-state index contributed by atoms with van der Waals surface area (Å²) >= 11 is 7.68. The van der Waals surface area contributed by atoms with Crippen LogP contribution in [0.1, 0.15) is 5.56 Å². The first-order chi connectivity index (χ1) is 8.63. The lowest BCUT2D eigenvalue weighted by molar-refractivity contribution is 0.763. The van der Waals surface area contributed by atoms with E-state index in [0.29, 0.717) is 0 Å². The summed E-state index contributed by atoms with van der Waals surface area (Å²) in [6.45, 7) is 0.743. The van der Waals surface area contributed by atoms with Crippen molar-refractivity contribution >= 4 is 45.8 Å². The molecule has 0 aliphatic rings. The Hall–Kier alpha value is -1.15. The zero-order valence-electron chi connectivity index (χ0n) is 9.72. The van der Waals surface area contributed by atoms with Crippen molar-refractivity contribution in [3.63, 3.8) is 0 Å². The average Bonchev–Trinajstić information content (AvgIpc) is 2.84. The molecule has 0 aliphatic carbocycles. The molecule has 1 aromatic carbocycles. The second-order valence-electron chi connectivity index (χ2n) is 4.20. The molecule has 2 aromatic heterocycles. The third-order valence-corrected chi connectivity index (χ3v) is 3.83. The number of imidazole rings is 1. The molecule has 0 spiro atoms. The number of halogens is 1. The van der Waals surface area contributed by atoms with E-state index in [1.54, 1.807) is 4.68 Å². The summed E-state index contributed by atoms with van der Waals surface area (Å²) in [5.41, 5.74) is 3.35. The second-order valence-corrected chi connectivity index (χ2v) is 5.83. The lowest BCUT2D eigenvalue weighted by Gasteiger charge is -2.02. The number of aromatic nitrogens is 4. The molecular formula is C12H11IN4S. The first-order valence-electron chi connectivity index (χ1n) is 5.49. The number of hydrogen-bond donors (Lipinski definition) is 1. The average molecular weight is 370 g/mol. The van der Waals surface area contributed by atoms with E-state index in [4.69, 9.17) is 12.2 Å². The highest BCUT2D eigenvalue weighted by Crippen LogP contribution is 2.18. The van der Waals surface area contributed by atoms with Crippen molar-refractivity contribution in [3.8, 4) is 0 Å². The molecule has 0 fully saturated rings. The van der Waals surface area contributed by atoms with Gasteiger partial charge in [0, 0.05) is 22.4 Å². The summed E-state index contributed by atoms with van der Waals surface area (Å²) in [6.07, 6.45) is 3.88. The molecule has 1 N–H and O–H groups in total. The van der Waals surface area contributed by atoms with Crippen LogP contribution in [-0.4, -0.2) is 19.3 Å². The molecule has 2 heterocycles. The molecule has 92 valence electrons. The molecule has 3 rings (SSSR count). The molecule has 0 unspecified atom stereocenters. The highest BCUT2D eigenvalue weighted by Gasteiger charge is 2.06. The van der Waals surface area contributed by atoms with Crippen LogP contribution in [0.25, 0.3) is 11.0 Å². The van der Waals surface area contributed by atoms with Crippen molar-refractivity contribution in [3.05, 3.63) is 44.5 Å². The molecule has 0 saturated heterocycles. The molecule has 6 heteroatoms. The minimum atomic E-state index is 0.743. The summed E-state index contributed by atoms with van der Waals surface area (Å²) in [5.74, 6) is 0. The maximum Gasteiger partial charge on any atom is 0.178 e. The Morgan fingerprint density at radius 2 is 2.28 bits per heavy atom. The summed E-state index contributed by atoms with van der Waals surface area (Å²) in [5, 5.41) is 4.18. The van der Waals surface area contributed by atoms with Crippen molar-refractivity contribution in [2.24, 2.45) is 7.05 Å². The van der Waals surface area contributed by atoms with Crippen LogP contribution in [0.2, 0.25) is 0 Å². The first-order valence-corrected chi connectivity index (χ1v) is 6.98. The van der Waals surface area contributed by atoms with E-state index < -0.39 is 0 Å². The molecule has 4 nitrogen and oxygen atoms in total. The fourth-order valence-electron chi connectivity index (χ4n) is 2.03. The van der Waals surface area contributed by atoms with E-state index in [2.05, 4.69) is 55.4 Å². The van der Waals surface area contributed by atoms with Gasteiger partial charge >= 0.3 is 0 Å². The highest BCUT2D eigenvalue weighted by molar-refractivity contribution is 14.1. The number of rotatable bonds is 2. The van der Waals surface area contributed by atoms with Crippen molar-refractivity contribution in [1.82, 2.24) is 19.3 Å². The van der Waals surface area contributed by atoms with Gasteiger partial charge in [-0.05, 0) is 53.0 Å². The number of fused-ring (bicyclic) bond motifs is 1. The number of H-pyrrole nitrogens is 1. The number of benzene rings is 1. The highest BCUT2D eigenvalue weighted by atomic mass is 127. The first kappa shape index (κ1) is 11.9. The molecule has 0 amide bonds. The SMILES string of the molecule is Cn1cc(Cn2c(=S)[nH]c3cc(I)ccc32)cn1. The fourth-order valence-corrected chi connectivity index (χ4v) is 2.79. The Balaban J connectivity index is 2.11. The molecule has 3 aromatic rings. The van der Waals surface area contributed by atoms with Gasteiger partial charge in [-0.1, -0.05) is 0 Å². The molecule has 0 radical (unpaired) electrons. The standard InChI is InChI=1S/C12H11IN4S/c1-16-6-8(5-14-16)7-17-11-3-2-9(13)4-10(11)15-12(17)18/h2-6H,7H2,1H3,(H,15,18). The van der Waals surface area contributed by atoms with Crippen molar-refractivity contribution in [1.29, 1.82) is 0 Å². The predicted molar refractivity (Wildman–Crippen MR) is 82.1 cm³/mol. The fraction of sp³-hybridized carbons (Fsp3) is 0.167. The minimum absolute atomic E-state index is 0.743. The van der Waals surface area contributed by atoms with E-state index in [1.165, 1.54) is 3.57 Å². The normalized spacial score (nSPS) is 11.2. The molecule has 0 bridgehead atoms. The topological polar surface area (TPSA) is 38.5 Å². The largest absolute Gasteiger partial charge is 0.331 e. The van der Waals surface area contributed by atoms with Gasteiger partial charge in [0.05, 0.1) is 23.8 Å². The maximum absolute atomic E-state index is 5.38. The van der Waals surface area contributed by atoms with Crippen LogP contribution in [-0.2, 0) is 13.6 Å². The smallest absolute Gasteiger partial charge is 0.178 e. The van der Waals surface area contributed by atoms with Crippen LogP contribution in [0.5, 0.6) is 0 Å². The molecular weight excluding hydrogens is 359 g/mol. The predicted octanol–water partition coefficient (Wildman–Crippen LogP) is 3.09. The van der Waals surface area contributed by atoms with Gasteiger partial charge in [0.25, 0.3) is 0 Å². The Morgan fingerprint density at radius 3 is 3.00 bits per heavy atom. The number of aromatic amines is 1. The molecule has 18 heavy (non-hydrogen) atoms. The van der Waals surface area contributed by atoms with Crippen molar-refractivity contribution in [2.45, 2.75) is 6.54 Å². The van der Waals surface area contributed by atoms with Crippen LogP contribution in [0.15, 0.2) is 30.6 Å². The summed E-state index contributed by atoms with van der Waals surface area (Å²) < 4.78 is 5.84. The van der Waals surface area contributed by atoms with E-state index in [0.717, 1.165) is 27.9 Å². The molecule has 0 saturated carbocycles. The summed E-state index contributed by atoms with van der Waals surface area (Å²) in [7, 11) is 1.92. The Kier molecular flexibility index (Phi) is 2.98. The van der Waals surface area contributed by atoms with Crippen LogP contribution >= 0.6 is 34.8 Å². The quantitative estimate of drug-likeness (QED) is 0.556. The monoisotopic (exact) mass is 370 g/mol. The van der Waals surface area contributed by atoms with Gasteiger partial charge in [-0.2, -0.15) is 5.10 Å². The zero-order valence-corrected chi connectivity index (χ0v) is 12.7. The van der Waals surface area contributed by atoms with Gasteiger partial charge < -0.3 is 9.55 Å². The van der Waals surface area contributed by atoms with Crippen molar-refractivity contribution < 1.29 is 0 Å². The molecule has 0 atom stereocenters. The summed E-state index contributed by atoms with van der Waals surface area (Å²) in [4.78, 5) is 3.24. The Morgan fingerprint density at radius 1 is 1.44 bits per heavy atom. The number of hydrogen-bond acceptors (Lipinski definition) is 2. The number of nitrogens with one attached hydrogen (secondary N) is 1. The Labute approximate surface area is 123 Å². The Bertz CT molecular complexity index is 768. The minimum Gasteiger partial charge on any atom is -0.331 e. The van der Waals surface area contributed by atoms with Crippen LogP contribution < -0.4 is 0 Å². The van der Waals surface area contributed by atoms with E-state index >= 15 is 0 Å². The lowest BCUT2D eigenvalue weighted by Crippen LogP contribution is -1.98. The maximum atomic E-state index is 5.38. The van der Waals surface area contributed by atoms with Gasteiger partial charge in [0.1, 0.15) is 0 Å². The van der Waals surface area contributed by atoms with Gasteiger partial charge in [0.2, 0.25) is 0 Å². The van der Waals surface area contributed by atoms with Gasteiger partial charge in [-0.25, -0.2) is 0 Å². The van der Waals surface area contributed by atoms with Gasteiger partial charge in [-0.15, -0.1) is 0 Å². The van der Waals surface area contributed by atoms with Gasteiger partial charge in [-0.3, -0.25) is 4.68 Å². The third-order valence-electron chi connectivity index (χ3n) is 2.84. The van der Waals surface area contributed by atoms with E-state index in [9.17, 15) is 0 Å². The van der Waals surface area contributed by atoms with Gasteiger partial charge in [0.15, 0.2) is 4.77 Å². The van der Waals surface area contributed by atoms with E-state index in [-0.39, 0.29) is 0 Å². The zero-order chi connectivity index (χ0) is 12.7. The number of nitrogens with zero attached hydrogens (tertiary/aromatic N) is 3. The second kappa shape index (κ2) is 4.51. The van der Waals surface area contributed by atoms with Crippen LogP contribution in [0, 0.1) is 8.34 Å². The summed E-state index contributed by atoms with van der Waals surface area (Å²) in [6, 6.07) is 6.29. The van der Waals surface area contributed by atoms with Crippen LogP contribution in [0.4, 0.5) is 0 Å². The van der Waals surface area contributed by atoms with E-state index in [1.807, 2.05) is 19.4 Å². The third kappa shape index (κ3) is 2.10.